The van der Waals surface area contributed by atoms with Crippen LogP contribution in [0.3, 0.4) is 0 Å². The van der Waals surface area contributed by atoms with Gasteiger partial charge in [0.25, 0.3) is 0 Å². The van der Waals surface area contributed by atoms with Gasteiger partial charge in [-0.15, -0.1) is 0 Å². The summed E-state index contributed by atoms with van der Waals surface area (Å²) in [4.78, 5) is 7.99. The maximum absolute atomic E-state index is 8.25. The zero-order valence-corrected chi connectivity index (χ0v) is 17.7. The van der Waals surface area contributed by atoms with Crippen molar-refractivity contribution in [2.45, 2.75) is 37.4 Å². The molecule has 0 bridgehead atoms. The summed E-state index contributed by atoms with van der Waals surface area (Å²) in [5, 5.41) is 16.5. The zero-order chi connectivity index (χ0) is 17.5. The van der Waals surface area contributed by atoms with Gasteiger partial charge in [0, 0.05) is 38.2 Å². The molecule has 0 spiro atoms. The Bertz CT molecular complexity index is 635. The SMILES string of the molecule is Brc1cncc(Br)c1.Brc1cncc(C2CC2)c1.OB(O)C1CC1. The van der Waals surface area contributed by atoms with Crippen molar-refractivity contribution in [1.29, 1.82) is 0 Å². The van der Waals surface area contributed by atoms with Crippen LogP contribution in [0.2, 0.25) is 5.82 Å². The van der Waals surface area contributed by atoms with Crippen LogP contribution in [0.5, 0.6) is 0 Å². The van der Waals surface area contributed by atoms with Gasteiger partial charge in [-0.3, -0.25) is 9.97 Å². The van der Waals surface area contributed by atoms with Crippen LogP contribution in [0.25, 0.3) is 0 Å². The van der Waals surface area contributed by atoms with E-state index in [2.05, 4.69) is 63.8 Å². The van der Waals surface area contributed by atoms with E-state index < -0.39 is 7.12 Å². The lowest BCUT2D eigenvalue weighted by Gasteiger charge is -1.95. The van der Waals surface area contributed by atoms with E-state index in [4.69, 9.17) is 10.0 Å². The molecule has 4 nitrogen and oxygen atoms in total. The molecule has 2 fully saturated rings. The highest BCUT2D eigenvalue weighted by atomic mass is 79.9. The normalized spacial score (nSPS) is 15.5. The monoisotopic (exact) mass is 518 g/mol. The Morgan fingerprint density at radius 3 is 1.58 bits per heavy atom. The van der Waals surface area contributed by atoms with Gasteiger partial charge < -0.3 is 10.0 Å². The zero-order valence-electron chi connectivity index (χ0n) is 12.9. The number of rotatable bonds is 2. The molecule has 2 aliphatic rings. The third kappa shape index (κ3) is 8.20. The number of hydrogen-bond donors (Lipinski definition) is 2. The van der Waals surface area contributed by atoms with Crippen LogP contribution in [-0.4, -0.2) is 27.1 Å². The maximum atomic E-state index is 8.25. The fourth-order valence-electron chi connectivity index (χ4n) is 1.85. The second kappa shape index (κ2) is 10.0. The highest BCUT2D eigenvalue weighted by molar-refractivity contribution is 9.11. The Balaban J connectivity index is 0.000000135. The molecule has 8 heteroatoms. The number of hydrogen-bond acceptors (Lipinski definition) is 4. The molecule has 0 radical (unpaired) electrons. The number of aromatic nitrogens is 2. The number of nitrogens with zero attached hydrogens (tertiary/aromatic N) is 2. The summed E-state index contributed by atoms with van der Waals surface area (Å²) in [6.07, 6.45) is 12.0. The predicted octanol–water partition coefficient (Wildman–Crippen LogP) is 4.95. The Morgan fingerprint density at radius 1 is 0.792 bits per heavy atom. The van der Waals surface area contributed by atoms with Gasteiger partial charge in [-0.2, -0.15) is 0 Å². The predicted molar refractivity (Wildman–Crippen MR) is 107 cm³/mol. The third-order valence-corrected chi connectivity index (χ3v) is 4.79. The molecular formula is C16H18BBr3N2O2. The third-order valence-electron chi connectivity index (χ3n) is 3.49. The van der Waals surface area contributed by atoms with Crippen molar-refractivity contribution in [1.82, 2.24) is 9.97 Å². The summed E-state index contributed by atoms with van der Waals surface area (Å²) in [7, 11) is -1.04. The van der Waals surface area contributed by atoms with Gasteiger partial charge in [0.1, 0.15) is 0 Å². The molecule has 0 saturated heterocycles. The van der Waals surface area contributed by atoms with E-state index in [1.165, 1.54) is 18.4 Å². The average Bonchev–Trinajstić information content (AvgIpc) is 3.41. The first-order valence-electron chi connectivity index (χ1n) is 7.68. The molecule has 4 rings (SSSR count). The van der Waals surface area contributed by atoms with Crippen molar-refractivity contribution in [2.75, 3.05) is 0 Å². The van der Waals surface area contributed by atoms with Gasteiger partial charge >= 0.3 is 7.12 Å². The lowest BCUT2D eigenvalue weighted by atomic mass is 9.84. The van der Waals surface area contributed by atoms with Gasteiger partial charge in [0.05, 0.1) is 0 Å². The van der Waals surface area contributed by atoms with E-state index in [9.17, 15) is 0 Å². The van der Waals surface area contributed by atoms with Gasteiger partial charge in [0.15, 0.2) is 0 Å². The fraction of sp³-hybridized carbons (Fsp3) is 0.375. The van der Waals surface area contributed by atoms with E-state index >= 15 is 0 Å². The fourth-order valence-corrected chi connectivity index (χ4v) is 3.27. The maximum Gasteiger partial charge on any atom is 0.454 e. The van der Waals surface area contributed by atoms with Crippen LogP contribution in [0.1, 0.15) is 37.2 Å². The molecule has 2 aromatic heterocycles. The molecule has 0 amide bonds. The van der Waals surface area contributed by atoms with Crippen molar-refractivity contribution in [3.8, 4) is 0 Å². The molecule has 2 heterocycles. The van der Waals surface area contributed by atoms with E-state index in [0.717, 1.165) is 32.2 Å². The molecule has 0 aromatic carbocycles. The molecule has 128 valence electrons. The Hall–Kier alpha value is -0.275. The van der Waals surface area contributed by atoms with Crippen molar-refractivity contribution >= 4 is 54.9 Å². The van der Waals surface area contributed by atoms with Crippen LogP contribution in [0.4, 0.5) is 0 Å². The number of pyridine rings is 2. The summed E-state index contributed by atoms with van der Waals surface area (Å²) in [6.45, 7) is 0. The van der Waals surface area contributed by atoms with Crippen LogP contribution in [0.15, 0.2) is 50.3 Å². The molecule has 0 unspecified atom stereocenters. The largest absolute Gasteiger partial charge is 0.454 e. The minimum absolute atomic E-state index is 0.213. The Labute approximate surface area is 167 Å². The Morgan fingerprint density at radius 2 is 1.29 bits per heavy atom. The molecule has 24 heavy (non-hydrogen) atoms. The summed E-state index contributed by atoms with van der Waals surface area (Å²) >= 11 is 9.93. The van der Waals surface area contributed by atoms with Gasteiger partial charge in [-0.05, 0) is 90.1 Å². The summed E-state index contributed by atoms with van der Waals surface area (Å²) in [5.74, 6) is 1.02. The van der Waals surface area contributed by atoms with Crippen molar-refractivity contribution < 1.29 is 10.0 Å². The first kappa shape index (κ1) is 20.0. The van der Waals surface area contributed by atoms with Gasteiger partial charge in [-0.1, -0.05) is 12.8 Å². The molecular weight excluding hydrogens is 503 g/mol. The molecule has 0 atom stereocenters. The van der Waals surface area contributed by atoms with E-state index in [-0.39, 0.29) is 5.82 Å². The number of halogens is 3. The second-order valence-corrected chi connectivity index (χ2v) is 8.53. The first-order valence-corrected chi connectivity index (χ1v) is 10.1. The minimum Gasteiger partial charge on any atom is -0.427 e. The molecule has 2 saturated carbocycles. The summed E-state index contributed by atoms with van der Waals surface area (Å²) < 4.78 is 3.08. The smallest absolute Gasteiger partial charge is 0.427 e. The first-order chi connectivity index (χ1) is 11.5. The summed E-state index contributed by atoms with van der Waals surface area (Å²) in [6, 6.07) is 4.09. The van der Waals surface area contributed by atoms with Crippen LogP contribution in [-0.2, 0) is 0 Å². The van der Waals surface area contributed by atoms with E-state index in [1.54, 1.807) is 12.4 Å². The summed E-state index contributed by atoms with van der Waals surface area (Å²) in [5.41, 5.74) is 1.38. The highest BCUT2D eigenvalue weighted by Gasteiger charge is 2.33. The average molecular weight is 521 g/mol. The van der Waals surface area contributed by atoms with Crippen molar-refractivity contribution in [3.63, 3.8) is 0 Å². The molecule has 2 aromatic rings. The standard InChI is InChI=1S/C8H8BrN.C5H3Br2N.C3H7BO2/c9-8-3-7(4-10-5-8)6-1-2-6;6-4-1-5(7)3-8-2-4;5-4(6)3-1-2-3/h3-6H,1-2H2;1-3H;3,5-6H,1-2H2. The molecule has 0 aliphatic heterocycles. The van der Waals surface area contributed by atoms with E-state index in [0.29, 0.717) is 0 Å². The van der Waals surface area contributed by atoms with Crippen molar-refractivity contribution in [3.05, 3.63) is 55.9 Å². The van der Waals surface area contributed by atoms with Gasteiger partial charge in [0.2, 0.25) is 0 Å². The quantitative estimate of drug-likeness (QED) is 0.550. The molecule has 2 N–H and O–H groups in total. The molecule has 2 aliphatic carbocycles. The van der Waals surface area contributed by atoms with Crippen LogP contribution < -0.4 is 0 Å². The highest BCUT2D eigenvalue weighted by Crippen LogP contribution is 2.40. The van der Waals surface area contributed by atoms with Crippen LogP contribution >= 0.6 is 47.8 Å². The topological polar surface area (TPSA) is 66.2 Å². The lowest BCUT2D eigenvalue weighted by Crippen LogP contribution is -2.09. The van der Waals surface area contributed by atoms with Crippen LogP contribution in [0, 0.1) is 0 Å². The second-order valence-electron chi connectivity index (χ2n) is 5.78. The Kier molecular flexibility index (Phi) is 8.36. The van der Waals surface area contributed by atoms with Gasteiger partial charge in [-0.25, -0.2) is 0 Å². The lowest BCUT2D eigenvalue weighted by molar-refractivity contribution is 0.403. The minimum atomic E-state index is -1.04. The van der Waals surface area contributed by atoms with Crippen molar-refractivity contribution in [2.24, 2.45) is 0 Å². The van der Waals surface area contributed by atoms with E-state index in [1.807, 2.05) is 18.5 Å².